The Labute approximate surface area is 86.3 Å². The van der Waals surface area contributed by atoms with Gasteiger partial charge in [-0.05, 0) is 6.07 Å². The number of rotatable bonds is 0. The van der Waals surface area contributed by atoms with E-state index in [1.165, 1.54) is 0 Å². The highest BCUT2D eigenvalue weighted by Gasteiger charge is 2.27. The number of hydrogen-bond acceptors (Lipinski definition) is 3. The van der Waals surface area contributed by atoms with Crippen LogP contribution in [0.15, 0.2) is 34.8 Å². The van der Waals surface area contributed by atoms with E-state index in [1.54, 1.807) is 12.2 Å². The summed E-state index contributed by atoms with van der Waals surface area (Å²) in [7, 11) is 0. The van der Waals surface area contributed by atoms with Crippen LogP contribution in [-0.2, 0) is 0 Å². The molecule has 0 bridgehead atoms. The van der Waals surface area contributed by atoms with Crippen LogP contribution >= 0.6 is 0 Å². The van der Waals surface area contributed by atoms with Gasteiger partial charge in [0.15, 0.2) is 0 Å². The van der Waals surface area contributed by atoms with E-state index in [-0.39, 0.29) is 0 Å². The van der Waals surface area contributed by atoms with E-state index in [1.807, 2.05) is 24.3 Å². The molecular formula is C12H10O3. The van der Waals surface area contributed by atoms with Crippen LogP contribution in [0.2, 0.25) is 0 Å². The Balaban J connectivity index is 2.33. The Morgan fingerprint density at radius 1 is 1.13 bits per heavy atom. The zero-order valence-corrected chi connectivity index (χ0v) is 7.92. The summed E-state index contributed by atoms with van der Waals surface area (Å²) in [5, 5.41) is 20.2. The fourth-order valence-corrected chi connectivity index (χ4v) is 1.93. The van der Waals surface area contributed by atoms with Crippen molar-refractivity contribution in [1.82, 2.24) is 0 Å². The van der Waals surface area contributed by atoms with E-state index in [2.05, 4.69) is 0 Å². The third kappa shape index (κ3) is 1.14. The second-order valence-corrected chi connectivity index (χ2v) is 3.67. The predicted octanol–water partition coefficient (Wildman–Crippen LogP) is 1.85. The quantitative estimate of drug-likeness (QED) is 0.685. The predicted molar refractivity (Wildman–Crippen MR) is 56.2 cm³/mol. The van der Waals surface area contributed by atoms with Crippen LogP contribution in [0.4, 0.5) is 0 Å². The van der Waals surface area contributed by atoms with Crippen LogP contribution < -0.4 is 0 Å². The molecule has 0 fully saturated rings. The molecule has 2 aromatic rings. The minimum absolute atomic E-state index is 0.450. The SMILES string of the molecule is O[C@@H]1C=Cc2c(oc3ccccc23)[C@@H]1O. The molecule has 3 rings (SSSR count). The van der Waals surface area contributed by atoms with E-state index in [9.17, 15) is 10.2 Å². The molecule has 1 heterocycles. The molecule has 1 aromatic carbocycles. The molecule has 0 radical (unpaired) electrons. The van der Waals surface area contributed by atoms with Gasteiger partial charge < -0.3 is 14.6 Å². The van der Waals surface area contributed by atoms with Crippen molar-refractivity contribution in [3.05, 3.63) is 41.7 Å². The molecule has 0 unspecified atom stereocenters. The van der Waals surface area contributed by atoms with Crippen LogP contribution in [0.25, 0.3) is 17.0 Å². The number of para-hydroxylation sites is 1. The van der Waals surface area contributed by atoms with Crippen LogP contribution in [-0.4, -0.2) is 16.3 Å². The van der Waals surface area contributed by atoms with Crippen LogP contribution in [0.1, 0.15) is 17.4 Å². The van der Waals surface area contributed by atoms with Crippen molar-refractivity contribution in [2.24, 2.45) is 0 Å². The Morgan fingerprint density at radius 3 is 2.80 bits per heavy atom. The Bertz CT molecular complexity index is 539. The fraction of sp³-hybridized carbons (Fsp3) is 0.167. The van der Waals surface area contributed by atoms with Crippen molar-refractivity contribution in [1.29, 1.82) is 0 Å². The summed E-state index contributed by atoms with van der Waals surface area (Å²) in [4.78, 5) is 0. The lowest BCUT2D eigenvalue weighted by Gasteiger charge is -2.16. The van der Waals surface area contributed by atoms with Crippen LogP contribution in [0.3, 0.4) is 0 Å². The molecule has 76 valence electrons. The van der Waals surface area contributed by atoms with E-state index in [4.69, 9.17) is 4.42 Å². The molecule has 1 aliphatic rings. The van der Waals surface area contributed by atoms with Gasteiger partial charge in [0.1, 0.15) is 23.6 Å². The monoisotopic (exact) mass is 202 g/mol. The van der Waals surface area contributed by atoms with Crippen LogP contribution in [0.5, 0.6) is 0 Å². The van der Waals surface area contributed by atoms with Gasteiger partial charge in [-0.1, -0.05) is 30.4 Å². The van der Waals surface area contributed by atoms with Crippen molar-refractivity contribution in [3.63, 3.8) is 0 Å². The first kappa shape index (κ1) is 8.71. The summed E-state index contributed by atoms with van der Waals surface area (Å²) in [6.45, 7) is 0. The number of hydrogen-bond donors (Lipinski definition) is 2. The second kappa shape index (κ2) is 2.95. The van der Waals surface area contributed by atoms with Crippen molar-refractivity contribution in [2.75, 3.05) is 0 Å². The molecular weight excluding hydrogens is 192 g/mol. The van der Waals surface area contributed by atoms with E-state index >= 15 is 0 Å². The first-order valence-corrected chi connectivity index (χ1v) is 4.83. The zero-order chi connectivity index (χ0) is 10.4. The normalized spacial score (nSPS) is 24.4. The Morgan fingerprint density at radius 2 is 1.93 bits per heavy atom. The molecule has 15 heavy (non-hydrogen) atoms. The minimum atomic E-state index is -0.961. The van der Waals surface area contributed by atoms with Gasteiger partial charge in [-0.3, -0.25) is 0 Å². The highest BCUT2D eigenvalue weighted by atomic mass is 16.4. The van der Waals surface area contributed by atoms with Crippen molar-refractivity contribution in [2.45, 2.75) is 12.2 Å². The lowest BCUT2D eigenvalue weighted by atomic mass is 9.98. The highest BCUT2D eigenvalue weighted by molar-refractivity contribution is 5.89. The van der Waals surface area contributed by atoms with Gasteiger partial charge in [-0.15, -0.1) is 0 Å². The Kier molecular flexibility index (Phi) is 1.71. The average Bonchev–Trinajstić information content (AvgIpc) is 2.63. The highest BCUT2D eigenvalue weighted by Crippen LogP contribution is 2.35. The molecule has 0 aliphatic heterocycles. The molecule has 0 saturated heterocycles. The van der Waals surface area contributed by atoms with Gasteiger partial charge >= 0.3 is 0 Å². The van der Waals surface area contributed by atoms with Gasteiger partial charge in [0.25, 0.3) is 0 Å². The fourth-order valence-electron chi connectivity index (χ4n) is 1.93. The second-order valence-electron chi connectivity index (χ2n) is 3.67. The summed E-state index contributed by atoms with van der Waals surface area (Å²) in [5.41, 5.74) is 1.60. The van der Waals surface area contributed by atoms with Crippen molar-refractivity contribution >= 4 is 17.0 Å². The summed E-state index contributed by atoms with van der Waals surface area (Å²) >= 11 is 0. The first-order valence-electron chi connectivity index (χ1n) is 4.83. The summed E-state index contributed by atoms with van der Waals surface area (Å²) < 4.78 is 5.51. The number of aliphatic hydroxyl groups excluding tert-OH is 2. The van der Waals surface area contributed by atoms with Gasteiger partial charge in [0.2, 0.25) is 0 Å². The molecule has 3 nitrogen and oxygen atoms in total. The topological polar surface area (TPSA) is 53.6 Å². The van der Waals surface area contributed by atoms with E-state index < -0.39 is 12.2 Å². The maximum absolute atomic E-state index is 9.74. The number of benzene rings is 1. The zero-order valence-electron chi connectivity index (χ0n) is 7.92. The standard InChI is InChI=1S/C12H10O3/c13-9-6-5-8-7-3-1-2-4-10(7)15-12(8)11(9)14/h1-6,9,11,13-14H/t9-,11-/m1/s1. The summed E-state index contributed by atoms with van der Waals surface area (Å²) in [5.74, 6) is 0.450. The Hall–Kier alpha value is -1.58. The maximum Gasteiger partial charge on any atom is 0.144 e. The third-order valence-electron chi connectivity index (χ3n) is 2.71. The number of aliphatic hydroxyl groups is 2. The summed E-state index contributed by atoms with van der Waals surface area (Å²) in [6, 6.07) is 7.58. The lowest BCUT2D eigenvalue weighted by Crippen LogP contribution is -2.18. The molecule has 3 heteroatoms. The van der Waals surface area contributed by atoms with E-state index in [0.29, 0.717) is 5.76 Å². The van der Waals surface area contributed by atoms with Crippen LogP contribution in [0, 0.1) is 0 Å². The van der Waals surface area contributed by atoms with Gasteiger partial charge in [0.05, 0.1) is 0 Å². The lowest BCUT2D eigenvalue weighted by molar-refractivity contribution is 0.0330. The molecule has 0 spiro atoms. The largest absolute Gasteiger partial charge is 0.458 e. The van der Waals surface area contributed by atoms with Gasteiger partial charge in [-0.2, -0.15) is 0 Å². The van der Waals surface area contributed by atoms with Crippen molar-refractivity contribution < 1.29 is 14.6 Å². The minimum Gasteiger partial charge on any atom is -0.458 e. The third-order valence-corrected chi connectivity index (χ3v) is 2.71. The molecule has 2 N–H and O–H groups in total. The number of furan rings is 1. The summed E-state index contributed by atoms with van der Waals surface area (Å²) in [6.07, 6.45) is 1.53. The maximum atomic E-state index is 9.74. The molecule has 1 aliphatic carbocycles. The van der Waals surface area contributed by atoms with Gasteiger partial charge in [-0.25, -0.2) is 0 Å². The molecule has 2 atom stereocenters. The van der Waals surface area contributed by atoms with Crippen molar-refractivity contribution in [3.8, 4) is 0 Å². The number of fused-ring (bicyclic) bond motifs is 3. The molecule has 1 aromatic heterocycles. The average molecular weight is 202 g/mol. The molecule has 0 saturated carbocycles. The first-order chi connectivity index (χ1) is 7.27. The van der Waals surface area contributed by atoms with E-state index in [0.717, 1.165) is 16.5 Å². The molecule has 0 amide bonds. The van der Waals surface area contributed by atoms with Gasteiger partial charge in [0, 0.05) is 10.9 Å². The smallest absolute Gasteiger partial charge is 0.144 e.